The third-order valence-electron chi connectivity index (χ3n) is 4.26. The highest BCUT2D eigenvalue weighted by Crippen LogP contribution is 2.30. The van der Waals surface area contributed by atoms with Gasteiger partial charge in [-0.1, -0.05) is 5.92 Å². The van der Waals surface area contributed by atoms with Crippen molar-refractivity contribution in [1.82, 2.24) is 9.80 Å². The smallest absolute Gasteiger partial charge is 0.258 e. The van der Waals surface area contributed by atoms with Crippen LogP contribution in [0.3, 0.4) is 0 Å². The van der Waals surface area contributed by atoms with E-state index in [0.717, 1.165) is 18.5 Å². The molecule has 0 saturated carbocycles. The maximum absolute atomic E-state index is 12.9. The molecular weight excluding hydrogens is 292 g/mol. The van der Waals surface area contributed by atoms with E-state index in [-0.39, 0.29) is 5.91 Å². The van der Waals surface area contributed by atoms with Crippen molar-refractivity contribution in [3.05, 3.63) is 29.5 Å². The van der Waals surface area contributed by atoms with E-state index >= 15 is 0 Å². The van der Waals surface area contributed by atoms with Gasteiger partial charge in [0, 0.05) is 31.6 Å². The number of rotatable bonds is 3. The van der Waals surface area contributed by atoms with Gasteiger partial charge in [-0.05, 0) is 25.1 Å². The first-order chi connectivity index (χ1) is 11.1. The summed E-state index contributed by atoms with van der Waals surface area (Å²) in [6.45, 7) is 5.41. The van der Waals surface area contributed by atoms with Gasteiger partial charge in [0.25, 0.3) is 5.91 Å². The minimum Gasteiger partial charge on any atom is -0.497 e. The molecular formula is C18H20N2O3. The van der Waals surface area contributed by atoms with Crippen LogP contribution in [0.15, 0.2) is 22.6 Å². The number of methoxy groups -OCH3 is 1. The molecule has 1 aliphatic heterocycles. The van der Waals surface area contributed by atoms with Crippen LogP contribution in [0.5, 0.6) is 5.75 Å². The summed E-state index contributed by atoms with van der Waals surface area (Å²) in [7, 11) is 1.61. The molecule has 1 saturated heterocycles. The van der Waals surface area contributed by atoms with Gasteiger partial charge in [0.15, 0.2) is 0 Å². The van der Waals surface area contributed by atoms with E-state index in [4.69, 9.17) is 15.6 Å². The summed E-state index contributed by atoms with van der Waals surface area (Å²) in [4.78, 5) is 17.0. The standard InChI is InChI=1S/C18H20N2O3/c1-4-7-19-8-10-20(11-9-19)18(21)17-13(2)23-16-6-5-14(22-3)12-15(16)17/h1,5-6,12H,7-11H2,2-3H3. The molecule has 0 N–H and O–H groups in total. The molecule has 5 nitrogen and oxygen atoms in total. The molecule has 1 aliphatic rings. The van der Waals surface area contributed by atoms with E-state index in [1.807, 2.05) is 30.0 Å². The van der Waals surface area contributed by atoms with E-state index in [0.29, 0.717) is 42.3 Å². The number of carbonyl (C=O) groups excluding carboxylic acids is 1. The van der Waals surface area contributed by atoms with Crippen molar-refractivity contribution in [2.45, 2.75) is 6.92 Å². The summed E-state index contributed by atoms with van der Waals surface area (Å²) in [5.74, 6) is 4.01. The molecule has 0 atom stereocenters. The first-order valence-corrected chi connectivity index (χ1v) is 7.66. The summed E-state index contributed by atoms with van der Waals surface area (Å²) in [6, 6.07) is 5.52. The molecule has 0 unspecified atom stereocenters. The van der Waals surface area contributed by atoms with Gasteiger partial charge >= 0.3 is 0 Å². The number of amides is 1. The maximum atomic E-state index is 12.9. The molecule has 0 bridgehead atoms. The average Bonchev–Trinajstić information content (AvgIpc) is 2.90. The normalized spacial score (nSPS) is 15.6. The Hall–Kier alpha value is -2.45. The molecule has 2 aromatic rings. The molecule has 120 valence electrons. The SMILES string of the molecule is C#CCN1CCN(C(=O)c2c(C)oc3ccc(OC)cc23)CC1. The summed E-state index contributed by atoms with van der Waals surface area (Å²) < 4.78 is 11.0. The van der Waals surface area contributed by atoms with Gasteiger partial charge in [-0.25, -0.2) is 0 Å². The molecule has 1 amide bonds. The third kappa shape index (κ3) is 2.90. The summed E-state index contributed by atoms with van der Waals surface area (Å²) in [5.41, 5.74) is 1.34. The van der Waals surface area contributed by atoms with Crippen molar-refractivity contribution in [3.8, 4) is 18.1 Å². The fourth-order valence-electron chi connectivity index (χ4n) is 2.99. The maximum Gasteiger partial charge on any atom is 0.258 e. The lowest BCUT2D eigenvalue weighted by Crippen LogP contribution is -2.48. The summed E-state index contributed by atoms with van der Waals surface area (Å²) in [6.07, 6.45) is 5.34. The monoisotopic (exact) mass is 312 g/mol. The van der Waals surface area contributed by atoms with Crippen LogP contribution in [-0.2, 0) is 0 Å². The predicted octanol–water partition coefficient (Wildman–Crippen LogP) is 2.14. The predicted molar refractivity (Wildman–Crippen MR) is 88.7 cm³/mol. The van der Waals surface area contributed by atoms with E-state index in [9.17, 15) is 4.79 Å². The van der Waals surface area contributed by atoms with Crippen LogP contribution in [0.2, 0.25) is 0 Å². The van der Waals surface area contributed by atoms with Gasteiger partial charge in [0.05, 0.1) is 19.2 Å². The zero-order valence-electron chi connectivity index (χ0n) is 13.5. The van der Waals surface area contributed by atoms with Crippen molar-refractivity contribution in [3.63, 3.8) is 0 Å². The Morgan fingerprint density at radius 1 is 1.35 bits per heavy atom. The Morgan fingerprint density at radius 2 is 2.09 bits per heavy atom. The van der Waals surface area contributed by atoms with E-state index < -0.39 is 0 Å². The number of carbonyl (C=O) groups is 1. The topological polar surface area (TPSA) is 45.9 Å². The molecule has 3 rings (SSSR count). The summed E-state index contributed by atoms with van der Waals surface area (Å²) in [5, 5.41) is 0.804. The first kappa shape index (κ1) is 15.4. The van der Waals surface area contributed by atoms with Crippen LogP contribution in [0.1, 0.15) is 16.1 Å². The second kappa shape index (κ2) is 6.35. The molecule has 23 heavy (non-hydrogen) atoms. The van der Waals surface area contributed by atoms with Crippen molar-refractivity contribution < 1.29 is 13.9 Å². The van der Waals surface area contributed by atoms with Gasteiger partial charge in [-0.3, -0.25) is 9.69 Å². The largest absolute Gasteiger partial charge is 0.497 e. The van der Waals surface area contributed by atoms with Crippen LogP contribution in [-0.4, -0.2) is 55.5 Å². The Balaban J connectivity index is 1.87. The number of piperazine rings is 1. The number of fused-ring (bicyclic) bond motifs is 1. The van der Waals surface area contributed by atoms with E-state index in [1.165, 1.54) is 0 Å². The van der Waals surface area contributed by atoms with Crippen LogP contribution in [0.4, 0.5) is 0 Å². The highest BCUT2D eigenvalue weighted by atomic mass is 16.5. The highest BCUT2D eigenvalue weighted by Gasteiger charge is 2.26. The van der Waals surface area contributed by atoms with Gasteiger partial charge in [-0.2, -0.15) is 0 Å². The van der Waals surface area contributed by atoms with Crippen molar-refractivity contribution >= 4 is 16.9 Å². The average molecular weight is 312 g/mol. The minimum atomic E-state index is 0.00913. The van der Waals surface area contributed by atoms with Crippen LogP contribution in [0, 0.1) is 19.3 Å². The van der Waals surface area contributed by atoms with Gasteiger partial charge < -0.3 is 14.1 Å². The Morgan fingerprint density at radius 3 is 2.74 bits per heavy atom. The molecule has 1 aromatic heterocycles. The van der Waals surface area contributed by atoms with Crippen molar-refractivity contribution in [2.75, 3.05) is 39.8 Å². The minimum absolute atomic E-state index is 0.00913. The molecule has 0 radical (unpaired) electrons. The second-order valence-electron chi connectivity index (χ2n) is 5.67. The molecule has 2 heterocycles. The highest BCUT2D eigenvalue weighted by molar-refractivity contribution is 6.07. The number of aryl methyl sites for hydroxylation is 1. The first-order valence-electron chi connectivity index (χ1n) is 7.66. The lowest BCUT2D eigenvalue weighted by atomic mass is 10.1. The number of benzene rings is 1. The lowest BCUT2D eigenvalue weighted by Gasteiger charge is -2.33. The van der Waals surface area contributed by atoms with Gasteiger partial charge in [0.2, 0.25) is 0 Å². The van der Waals surface area contributed by atoms with Crippen LogP contribution < -0.4 is 4.74 Å². The van der Waals surface area contributed by atoms with Crippen LogP contribution >= 0.6 is 0 Å². The van der Waals surface area contributed by atoms with Gasteiger partial charge in [-0.15, -0.1) is 6.42 Å². The number of hydrogen-bond donors (Lipinski definition) is 0. The van der Waals surface area contributed by atoms with Crippen LogP contribution in [0.25, 0.3) is 11.0 Å². The third-order valence-corrected chi connectivity index (χ3v) is 4.26. The number of hydrogen-bond acceptors (Lipinski definition) is 4. The second-order valence-corrected chi connectivity index (χ2v) is 5.67. The molecule has 0 aliphatic carbocycles. The molecule has 1 fully saturated rings. The summed E-state index contributed by atoms with van der Waals surface area (Å²) >= 11 is 0. The lowest BCUT2D eigenvalue weighted by molar-refractivity contribution is 0.0652. The zero-order valence-corrected chi connectivity index (χ0v) is 13.5. The van der Waals surface area contributed by atoms with E-state index in [1.54, 1.807) is 7.11 Å². The quantitative estimate of drug-likeness (QED) is 0.815. The number of nitrogens with zero attached hydrogens (tertiary/aromatic N) is 2. The van der Waals surface area contributed by atoms with Gasteiger partial charge in [0.1, 0.15) is 17.1 Å². The zero-order chi connectivity index (χ0) is 16.4. The fraction of sp³-hybridized carbons (Fsp3) is 0.389. The van der Waals surface area contributed by atoms with E-state index in [2.05, 4.69) is 10.8 Å². The molecule has 5 heteroatoms. The van der Waals surface area contributed by atoms with Crippen molar-refractivity contribution in [1.29, 1.82) is 0 Å². The molecule has 0 spiro atoms. The Labute approximate surface area is 135 Å². The molecule has 1 aromatic carbocycles. The fourth-order valence-corrected chi connectivity index (χ4v) is 2.99. The Bertz CT molecular complexity index is 764. The number of terminal acetylenes is 1. The number of ether oxygens (including phenoxy) is 1. The van der Waals surface area contributed by atoms with Crippen molar-refractivity contribution in [2.24, 2.45) is 0 Å². The Kier molecular flexibility index (Phi) is 4.26. The number of furan rings is 1.